The molecule has 1 aromatic carbocycles. The van der Waals surface area contributed by atoms with E-state index in [2.05, 4.69) is 52.0 Å². The van der Waals surface area contributed by atoms with Crippen LogP contribution < -0.4 is 0 Å². The van der Waals surface area contributed by atoms with E-state index in [0.29, 0.717) is 6.04 Å². The highest BCUT2D eigenvalue weighted by atomic mass is 79.9. The third-order valence-corrected chi connectivity index (χ3v) is 4.23. The average molecular weight is 318 g/mol. The van der Waals surface area contributed by atoms with Gasteiger partial charge in [0, 0.05) is 35.2 Å². The molecule has 0 aliphatic carbocycles. The van der Waals surface area contributed by atoms with Crippen LogP contribution in [0.2, 0.25) is 5.02 Å². The highest BCUT2D eigenvalue weighted by Crippen LogP contribution is 2.24. The highest BCUT2D eigenvalue weighted by molar-refractivity contribution is 9.10. The molecule has 0 saturated carbocycles. The first-order valence-electron chi connectivity index (χ1n) is 5.89. The Hall–Kier alpha value is -0.0900. The van der Waals surface area contributed by atoms with Gasteiger partial charge in [-0.2, -0.15) is 0 Å². The smallest absolute Gasteiger partial charge is 0.0462 e. The number of nitrogens with zero attached hydrogens (tertiary/aromatic N) is 2. The zero-order valence-electron chi connectivity index (χ0n) is 10.3. The molecule has 1 saturated heterocycles. The van der Waals surface area contributed by atoms with Crippen molar-refractivity contribution in [3.8, 4) is 0 Å². The van der Waals surface area contributed by atoms with E-state index in [1.807, 2.05) is 6.07 Å². The highest BCUT2D eigenvalue weighted by Gasteiger charge is 2.24. The van der Waals surface area contributed by atoms with Gasteiger partial charge in [0.2, 0.25) is 0 Å². The second-order valence-electron chi connectivity index (χ2n) is 4.88. The van der Waals surface area contributed by atoms with Crippen LogP contribution in [0.4, 0.5) is 0 Å². The first-order chi connectivity index (χ1) is 8.06. The molecule has 1 atom stereocenters. The van der Waals surface area contributed by atoms with Crippen molar-refractivity contribution in [2.75, 3.05) is 27.2 Å². The van der Waals surface area contributed by atoms with Crippen LogP contribution in [0, 0.1) is 0 Å². The van der Waals surface area contributed by atoms with Crippen molar-refractivity contribution >= 4 is 27.5 Å². The van der Waals surface area contributed by atoms with Gasteiger partial charge in [0.05, 0.1) is 0 Å². The monoisotopic (exact) mass is 316 g/mol. The molecule has 0 aromatic heterocycles. The summed E-state index contributed by atoms with van der Waals surface area (Å²) in [6.45, 7) is 3.26. The van der Waals surface area contributed by atoms with Crippen LogP contribution in [-0.2, 0) is 6.54 Å². The van der Waals surface area contributed by atoms with Crippen molar-refractivity contribution in [3.05, 3.63) is 33.3 Å². The van der Waals surface area contributed by atoms with Gasteiger partial charge in [-0.15, -0.1) is 0 Å². The minimum atomic E-state index is 0.684. The molecule has 0 spiro atoms. The second kappa shape index (κ2) is 5.70. The minimum Gasteiger partial charge on any atom is -0.305 e. The van der Waals surface area contributed by atoms with Gasteiger partial charge in [-0.25, -0.2) is 0 Å². The SMILES string of the molecule is CN(C)C1CCN(Cc2ccc(Br)cc2Cl)C1. The molecule has 2 rings (SSSR count). The number of halogens is 2. The Kier molecular flexibility index (Phi) is 4.47. The van der Waals surface area contributed by atoms with E-state index in [9.17, 15) is 0 Å². The fourth-order valence-electron chi connectivity index (χ4n) is 2.27. The molecule has 17 heavy (non-hydrogen) atoms. The average Bonchev–Trinajstić information content (AvgIpc) is 2.71. The Bertz CT molecular complexity index is 395. The summed E-state index contributed by atoms with van der Waals surface area (Å²) in [5.74, 6) is 0. The first kappa shape index (κ1) is 13.3. The summed E-state index contributed by atoms with van der Waals surface area (Å²) in [7, 11) is 4.31. The molecule has 0 bridgehead atoms. The minimum absolute atomic E-state index is 0.684. The normalized spacial score (nSPS) is 21.4. The summed E-state index contributed by atoms with van der Waals surface area (Å²) < 4.78 is 1.04. The van der Waals surface area contributed by atoms with Gasteiger partial charge in [-0.3, -0.25) is 4.90 Å². The van der Waals surface area contributed by atoms with Crippen molar-refractivity contribution in [1.82, 2.24) is 9.80 Å². The topological polar surface area (TPSA) is 6.48 Å². The standard InChI is InChI=1S/C13H18BrClN2/c1-16(2)12-5-6-17(9-12)8-10-3-4-11(14)7-13(10)15/h3-4,7,12H,5-6,8-9H2,1-2H3. The molecule has 1 aliphatic heterocycles. The lowest BCUT2D eigenvalue weighted by molar-refractivity contribution is 0.265. The molecular formula is C13H18BrClN2. The Morgan fingerprint density at radius 2 is 2.24 bits per heavy atom. The molecule has 4 heteroatoms. The second-order valence-corrected chi connectivity index (χ2v) is 6.20. The molecule has 1 aromatic rings. The van der Waals surface area contributed by atoms with Crippen LogP contribution in [0.25, 0.3) is 0 Å². The van der Waals surface area contributed by atoms with Crippen LogP contribution in [0.15, 0.2) is 22.7 Å². The van der Waals surface area contributed by atoms with E-state index in [0.717, 1.165) is 29.1 Å². The molecular weight excluding hydrogens is 300 g/mol. The van der Waals surface area contributed by atoms with Gasteiger partial charge < -0.3 is 4.90 Å². The summed E-state index contributed by atoms with van der Waals surface area (Å²) in [5.41, 5.74) is 1.22. The number of hydrogen-bond donors (Lipinski definition) is 0. The maximum Gasteiger partial charge on any atom is 0.0462 e. The zero-order valence-corrected chi connectivity index (χ0v) is 12.6. The molecule has 0 N–H and O–H groups in total. The fraction of sp³-hybridized carbons (Fsp3) is 0.538. The predicted molar refractivity (Wildman–Crippen MR) is 76.5 cm³/mol. The van der Waals surface area contributed by atoms with E-state index < -0.39 is 0 Å². The van der Waals surface area contributed by atoms with Gasteiger partial charge in [0.1, 0.15) is 0 Å². The Balaban J connectivity index is 1.98. The molecule has 1 unspecified atom stereocenters. The molecule has 2 nitrogen and oxygen atoms in total. The van der Waals surface area contributed by atoms with Crippen molar-refractivity contribution in [2.45, 2.75) is 19.0 Å². The quantitative estimate of drug-likeness (QED) is 0.844. The molecule has 94 valence electrons. The molecule has 1 heterocycles. The van der Waals surface area contributed by atoms with Crippen molar-refractivity contribution in [2.24, 2.45) is 0 Å². The maximum absolute atomic E-state index is 6.24. The van der Waals surface area contributed by atoms with E-state index >= 15 is 0 Å². The number of rotatable bonds is 3. The van der Waals surface area contributed by atoms with E-state index in [1.54, 1.807) is 0 Å². The number of hydrogen-bond acceptors (Lipinski definition) is 2. The van der Waals surface area contributed by atoms with E-state index in [-0.39, 0.29) is 0 Å². The lowest BCUT2D eigenvalue weighted by Crippen LogP contribution is -2.31. The summed E-state index contributed by atoms with van der Waals surface area (Å²) in [4.78, 5) is 4.78. The Morgan fingerprint density at radius 1 is 1.47 bits per heavy atom. The van der Waals surface area contributed by atoms with Gasteiger partial charge in [0.15, 0.2) is 0 Å². The third kappa shape index (κ3) is 3.44. The van der Waals surface area contributed by atoms with Crippen LogP contribution in [0.5, 0.6) is 0 Å². The number of benzene rings is 1. The lowest BCUT2D eigenvalue weighted by Gasteiger charge is -2.20. The van der Waals surface area contributed by atoms with Crippen molar-refractivity contribution in [1.29, 1.82) is 0 Å². The zero-order chi connectivity index (χ0) is 12.4. The van der Waals surface area contributed by atoms with Crippen molar-refractivity contribution in [3.63, 3.8) is 0 Å². The Morgan fingerprint density at radius 3 is 2.82 bits per heavy atom. The molecule has 0 radical (unpaired) electrons. The number of likely N-dealkylation sites (tertiary alicyclic amines) is 1. The molecule has 0 amide bonds. The van der Waals surface area contributed by atoms with Crippen LogP contribution in [0.1, 0.15) is 12.0 Å². The van der Waals surface area contributed by atoms with Crippen LogP contribution >= 0.6 is 27.5 Å². The Labute approximate surface area is 117 Å². The summed E-state index contributed by atoms with van der Waals surface area (Å²) >= 11 is 9.67. The number of likely N-dealkylation sites (N-methyl/N-ethyl adjacent to an activating group) is 1. The van der Waals surface area contributed by atoms with Gasteiger partial charge in [-0.1, -0.05) is 33.6 Å². The van der Waals surface area contributed by atoms with Crippen LogP contribution in [0.3, 0.4) is 0 Å². The maximum atomic E-state index is 6.24. The predicted octanol–water partition coefficient (Wildman–Crippen LogP) is 3.24. The largest absolute Gasteiger partial charge is 0.305 e. The fourth-order valence-corrected chi connectivity index (χ4v) is 3.00. The van der Waals surface area contributed by atoms with E-state index in [1.165, 1.54) is 12.0 Å². The summed E-state index contributed by atoms with van der Waals surface area (Å²) in [5, 5.41) is 0.854. The first-order valence-corrected chi connectivity index (χ1v) is 7.06. The van der Waals surface area contributed by atoms with Crippen LogP contribution in [-0.4, -0.2) is 43.0 Å². The molecule has 1 fully saturated rings. The van der Waals surface area contributed by atoms with E-state index in [4.69, 9.17) is 11.6 Å². The summed E-state index contributed by atoms with van der Waals surface area (Å²) in [6, 6.07) is 6.82. The molecule has 1 aliphatic rings. The van der Waals surface area contributed by atoms with Gasteiger partial charge >= 0.3 is 0 Å². The van der Waals surface area contributed by atoms with Crippen molar-refractivity contribution < 1.29 is 0 Å². The van der Waals surface area contributed by atoms with Gasteiger partial charge in [0.25, 0.3) is 0 Å². The summed E-state index contributed by atoms with van der Waals surface area (Å²) in [6.07, 6.45) is 1.25. The lowest BCUT2D eigenvalue weighted by atomic mass is 10.2. The third-order valence-electron chi connectivity index (χ3n) is 3.39. The van der Waals surface area contributed by atoms with Gasteiger partial charge in [-0.05, 0) is 38.2 Å².